The molecular formula is C19H30N4O3S. The lowest BCUT2D eigenvalue weighted by molar-refractivity contribution is -0.117. The third-order valence-electron chi connectivity index (χ3n) is 5.46. The number of piperidine rings is 1. The van der Waals surface area contributed by atoms with Gasteiger partial charge in [-0.3, -0.25) is 4.79 Å². The molecule has 27 heavy (non-hydrogen) atoms. The van der Waals surface area contributed by atoms with Gasteiger partial charge in [-0.2, -0.15) is 0 Å². The van der Waals surface area contributed by atoms with E-state index in [0.29, 0.717) is 26.1 Å². The van der Waals surface area contributed by atoms with Crippen molar-refractivity contribution in [1.82, 2.24) is 9.62 Å². The van der Waals surface area contributed by atoms with Gasteiger partial charge in [0.15, 0.2) is 0 Å². The number of amides is 1. The van der Waals surface area contributed by atoms with Gasteiger partial charge in [0.1, 0.15) is 0 Å². The molecule has 0 radical (unpaired) electrons. The Morgan fingerprint density at radius 1 is 1.22 bits per heavy atom. The van der Waals surface area contributed by atoms with E-state index in [1.165, 1.54) is 0 Å². The van der Waals surface area contributed by atoms with Crippen molar-refractivity contribution in [3.05, 3.63) is 23.8 Å². The number of hydrogen-bond acceptors (Lipinski definition) is 5. The Bertz CT molecular complexity index is 788. The first kappa shape index (κ1) is 20.1. The first-order chi connectivity index (χ1) is 12.8. The third-order valence-corrected chi connectivity index (χ3v) is 7.75. The highest BCUT2D eigenvalue weighted by molar-refractivity contribution is 7.89. The fourth-order valence-corrected chi connectivity index (χ4v) is 5.79. The van der Waals surface area contributed by atoms with E-state index in [4.69, 9.17) is 0 Å². The SMILES string of the molecule is Cc1ccc(NC(=O)C2CC(S(=O)(=O)N3CCCCC3)CN2)cc1N(C)C. The van der Waals surface area contributed by atoms with Crippen molar-refractivity contribution in [2.24, 2.45) is 0 Å². The number of hydrogen-bond donors (Lipinski definition) is 2. The van der Waals surface area contributed by atoms with Crippen LogP contribution < -0.4 is 15.5 Å². The van der Waals surface area contributed by atoms with Gasteiger partial charge >= 0.3 is 0 Å². The monoisotopic (exact) mass is 394 g/mol. The normalized spacial score (nSPS) is 24.0. The molecular weight excluding hydrogens is 364 g/mol. The van der Waals surface area contributed by atoms with Crippen LogP contribution in [0.1, 0.15) is 31.2 Å². The van der Waals surface area contributed by atoms with Gasteiger partial charge in [-0.25, -0.2) is 12.7 Å². The minimum absolute atomic E-state index is 0.181. The summed E-state index contributed by atoms with van der Waals surface area (Å²) in [5.41, 5.74) is 2.89. The van der Waals surface area contributed by atoms with Gasteiger partial charge in [-0.1, -0.05) is 12.5 Å². The molecule has 150 valence electrons. The quantitative estimate of drug-likeness (QED) is 0.792. The van der Waals surface area contributed by atoms with Crippen molar-refractivity contribution in [1.29, 1.82) is 0 Å². The summed E-state index contributed by atoms with van der Waals surface area (Å²) in [6.07, 6.45) is 3.25. The fraction of sp³-hybridized carbons (Fsp3) is 0.632. The molecule has 1 aromatic rings. The van der Waals surface area contributed by atoms with Gasteiger partial charge in [0.2, 0.25) is 15.9 Å². The van der Waals surface area contributed by atoms with Crippen LogP contribution in [0.3, 0.4) is 0 Å². The smallest absolute Gasteiger partial charge is 0.241 e. The van der Waals surface area contributed by atoms with E-state index in [2.05, 4.69) is 10.6 Å². The lowest BCUT2D eigenvalue weighted by atomic mass is 10.1. The van der Waals surface area contributed by atoms with Crippen LogP contribution in [-0.4, -0.2) is 63.7 Å². The standard InChI is InChI=1S/C19H30N4O3S/c1-14-7-8-15(11-18(14)22(2)3)21-19(24)17-12-16(13-20-17)27(25,26)23-9-5-4-6-10-23/h7-8,11,16-17,20H,4-6,9-10,12-13H2,1-3H3,(H,21,24). The maximum atomic E-state index is 12.8. The molecule has 2 atom stereocenters. The van der Waals surface area contributed by atoms with Gasteiger partial charge in [-0.15, -0.1) is 0 Å². The molecule has 0 spiro atoms. The number of aryl methyl sites for hydroxylation is 1. The lowest BCUT2D eigenvalue weighted by Gasteiger charge is -2.28. The molecule has 0 bridgehead atoms. The van der Waals surface area contributed by atoms with Crippen molar-refractivity contribution >= 4 is 27.3 Å². The number of carbonyl (C=O) groups is 1. The molecule has 0 aromatic heterocycles. The van der Waals surface area contributed by atoms with E-state index in [1.54, 1.807) is 4.31 Å². The molecule has 1 aromatic carbocycles. The molecule has 3 rings (SSSR count). The zero-order chi connectivity index (χ0) is 19.6. The molecule has 1 amide bonds. The highest BCUT2D eigenvalue weighted by Gasteiger charge is 2.40. The summed E-state index contributed by atoms with van der Waals surface area (Å²) in [5.74, 6) is -0.181. The van der Waals surface area contributed by atoms with Crippen LogP contribution in [0.25, 0.3) is 0 Å². The van der Waals surface area contributed by atoms with E-state index in [0.717, 1.165) is 36.2 Å². The Labute approximate surface area is 162 Å². The molecule has 2 aliphatic heterocycles. The van der Waals surface area contributed by atoms with Gasteiger partial charge < -0.3 is 15.5 Å². The third kappa shape index (κ3) is 4.44. The van der Waals surface area contributed by atoms with Crippen molar-refractivity contribution < 1.29 is 13.2 Å². The van der Waals surface area contributed by atoms with Gasteiger partial charge in [0.25, 0.3) is 0 Å². The molecule has 2 unspecified atom stereocenters. The van der Waals surface area contributed by atoms with Crippen LogP contribution >= 0.6 is 0 Å². The Hall–Kier alpha value is -1.64. The van der Waals surface area contributed by atoms with Crippen molar-refractivity contribution in [2.75, 3.05) is 43.9 Å². The van der Waals surface area contributed by atoms with E-state index in [1.807, 2.05) is 44.1 Å². The Balaban J connectivity index is 1.63. The molecule has 2 N–H and O–H groups in total. The molecule has 2 aliphatic rings. The highest BCUT2D eigenvalue weighted by Crippen LogP contribution is 2.25. The van der Waals surface area contributed by atoms with Crippen molar-refractivity contribution in [3.8, 4) is 0 Å². The maximum Gasteiger partial charge on any atom is 0.241 e. The second kappa shape index (κ2) is 8.16. The minimum Gasteiger partial charge on any atom is -0.377 e. The Morgan fingerprint density at radius 3 is 2.59 bits per heavy atom. The fourth-order valence-electron chi connectivity index (χ4n) is 3.86. The summed E-state index contributed by atoms with van der Waals surface area (Å²) in [6, 6.07) is 5.29. The first-order valence-corrected chi connectivity index (χ1v) is 11.1. The van der Waals surface area contributed by atoms with Crippen LogP contribution in [0, 0.1) is 6.92 Å². The maximum absolute atomic E-state index is 12.8. The number of nitrogens with one attached hydrogen (secondary N) is 2. The van der Waals surface area contributed by atoms with Gasteiger partial charge in [-0.05, 0) is 43.9 Å². The minimum atomic E-state index is -3.34. The van der Waals surface area contributed by atoms with Crippen molar-refractivity contribution in [3.63, 3.8) is 0 Å². The molecule has 0 saturated carbocycles. The van der Waals surface area contributed by atoms with Crippen LogP contribution in [0.2, 0.25) is 0 Å². The molecule has 0 aliphatic carbocycles. The van der Waals surface area contributed by atoms with Gasteiger partial charge in [0, 0.05) is 45.1 Å². The number of sulfonamides is 1. The first-order valence-electron chi connectivity index (χ1n) is 9.60. The summed E-state index contributed by atoms with van der Waals surface area (Å²) in [5, 5.41) is 5.49. The Kier molecular flexibility index (Phi) is 6.08. The average molecular weight is 395 g/mol. The zero-order valence-electron chi connectivity index (χ0n) is 16.4. The number of nitrogens with zero attached hydrogens (tertiary/aromatic N) is 2. The Morgan fingerprint density at radius 2 is 1.93 bits per heavy atom. The van der Waals surface area contributed by atoms with E-state index < -0.39 is 21.3 Å². The summed E-state index contributed by atoms with van der Waals surface area (Å²) in [6.45, 7) is 3.56. The highest BCUT2D eigenvalue weighted by atomic mass is 32.2. The predicted molar refractivity (Wildman–Crippen MR) is 109 cm³/mol. The summed E-state index contributed by atoms with van der Waals surface area (Å²) in [4.78, 5) is 14.6. The van der Waals surface area contributed by atoms with Crippen LogP contribution in [0.15, 0.2) is 18.2 Å². The number of carbonyl (C=O) groups excluding carboxylic acids is 1. The molecule has 7 nitrogen and oxygen atoms in total. The topological polar surface area (TPSA) is 81.8 Å². The number of anilines is 2. The number of benzene rings is 1. The van der Waals surface area contributed by atoms with Crippen LogP contribution in [0.5, 0.6) is 0 Å². The number of rotatable bonds is 5. The molecule has 2 fully saturated rings. The predicted octanol–water partition coefficient (Wildman–Crippen LogP) is 1.55. The van der Waals surface area contributed by atoms with Crippen molar-refractivity contribution in [2.45, 2.75) is 43.9 Å². The summed E-state index contributed by atoms with van der Waals surface area (Å²) < 4.78 is 27.2. The largest absolute Gasteiger partial charge is 0.377 e. The van der Waals surface area contributed by atoms with E-state index in [-0.39, 0.29) is 5.91 Å². The average Bonchev–Trinajstić information content (AvgIpc) is 3.15. The van der Waals surface area contributed by atoms with E-state index >= 15 is 0 Å². The molecule has 8 heteroatoms. The van der Waals surface area contributed by atoms with Gasteiger partial charge in [0.05, 0.1) is 11.3 Å². The summed E-state index contributed by atoms with van der Waals surface area (Å²) >= 11 is 0. The van der Waals surface area contributed by atoms with E-state index in [9.17, 15) is 13.2 Å². The second-order valence-electron chi connectivity index (χ2n) is 7.71. The molecule has 2 heterocycles. The lowest BCUT2D eigenvalue weighted by Crippen LogP contribution is -2.42. The van der Waals surface area contributed by atoms with Crippen LogP contribution in [0.4, 0.5) is 11.4 Å². The second-order valence-corrected chi connectivity index (χ2v) is 9.92. The molecule has 2 saturated heterocycles. The zero-order valence-corrected chi connectivity index (χ0v) is 17.2. The van der Waals surface area contributed by atoms with Crippen LogP contribution in [-0.2, 0) is 14.8 Å². The summed E-state index contributed by atoms with van der Waals surface area (Å²) in [7, 11) is 0.581.